The SMILES string of the molecule is C1=CC(CSc2ccccc2)=CCC1. The van der Waals surface area contributed by atoms with Crippen LogP contribution in [-0.4, -0.2) is 5.75 Å². The summed E-state index contributed by atoms with van der Waals surface area (Å²) in [7, 11) is 0. The van der Waals surface area contributed by atoms with E-state index in [2.05, 4.69) is 48.6 Å². The summed E-state index contributed by atoms with van der Waals surface area (Å²) in [6.07, 6.45) is 9.27. The Morgan fingerprint density at radius 2 is 1.93 bits per heavy atom. The number of benzene rings is 1. The summed E-state index contributed by atoms with van der Waals surface area (Å²) >= 11 is 1.91. The van der Waals surface area contributed by atoms with E-state index in [1.807, 2.05) is 11.8 Å². The molecule has 1 aromatic rings. The van der Waals surface area contributed by atoms with Gasteiger partial charge in [-0.1, -0.05) is 36.4 Å². The lowest BCUT2D eigenvalue weighted by Crippen LogP contribution is -1.87. The molecule has 0 aromatic heterocycles. The van der Waals surface area contributed by atoms with E-state index >= 15 is 0 Å². The van der Waals surface area contributed by atoms with E-state index in [1.165, 1.54) is 23.3 Å². The molecule has 0 heterocycles. The predicted molar refractivity (Wildman–Crippen MR) is 63.6 cm³/mol. The molecule has 0 aliphatic heterocycles. The van der Waals surface area contributed by atoms with E-state index in [9.17, 15) is 0 Å². The van der Waals surface area contributed by atoms with Crippen molar-refractivity contribution in [3.8, 4) is 0 Å². The van der Waals surface area contributed by atoms with Crippen molar-refractivity contribution in [3.05, 3.63) is 54.1 Å². The van der Waals surface area contributed by atoms with Gasteiger partial charge in [0.15, 0.2) is 0 Å². The summed E-state index contributed by atoms with van der Waals surface area (Å²) in [5.74, 6) is 1.10. The topological polar surface area (TPSA) is 0 Å². The van der Waals surface area contributed by atoms with Gasteiger partial charge in [-0.15, -0.1) is 11.8 Å². The molecule has 0 radical (unpaired) electrons. The third kappa shape index (κ3) is 2.78. The second-order valence-electron chi connectivity index (χ2n) is 3.36. The lowest BCUT2D eigenvalue weighted by atomic mass is 10.1. The highest BCUT2D eigenvalue weighted by molar-refractivity contribution is 7.99. The zero-order valence-corrected chi connectivity index (χ0v) is 8.96. The molecular weight excluding hydrogens is 188 g/mol. The van der Waals surface area contributed by atoms with Crippen LogP contribution >= 0.6 is 11.8 Å². The van der Waals surface area contributed by atoms with Crippen molar-refractivity contribution < 1.29 is 0 Å². The quantitative estimate of drug-likeness (QED) is 0.666. The van der Waals surface area contributed by atoms with Gasteiger partial charge in [0.2, 0.25) is 0 Å². The molecule has 0 unspecified atom stereocenters. The fourth-order valence-corrected chi connectivity index (χ4v) is 2.36. The third-order valence-corrected chi connectivity index (χ3v) is 3.30. The van der Waals surface area contributed by atoms with Crippen molar-refractivity contribution >= 4 is 11.8 Å². The first kappa shape index (κ1) is 9.60. The molecule has 0 atom stereocenters. The van der Waals surface area contributed by atoms with Crippen molar-refractivity contribution in [1.82, 2.24) is 0 Å². The number of thioether (sulfide) groups is 1. The lowest BCUT2D eigenvalue weighted by Gasteiger charge is -2.06. The van der Waals surface area contributed by atoms with Crippen molar-refractivity contribution in [2.75, 3.05) is 5.75 Å². The molecule has 0 nitrogen and oxygen atoms in total. The molecule has 2 rings (SSSR count). The van der Waals surface area contributed by atoms with Crippen molar-refractivity contribution in [3.63, 3.8) is 0 Å². The van der Waals surface area contributed by atoms with Gasteiger partial charge in [-0.3, -0.25) is 0 Å². The molecular formula is C13H14S. The molecule has 0 spiro atoms. The van der Waals surface area contributed by atoms with Crippen LogP contribution in [0.25, 0.3) is 0 Å². The summed E-state index contributed by atoms with van der Waals surface area (Å²) in [5.41, 5.74) is 1.46. The second-order valence-corrected chi connectivity index (χ2v) is 4.41. The van der Waals surface area contributed by atoms with E-state index in [0.717, 1.165) is 5.75 Å². The molecule has 0 saturated carbocycles. The molecule has 1 aliphatic carbocycles. The maximum absolute atomic E-state index is 2.34. The van der Waals surface area contributed by atoms with Crippen molar-refractivity contribution in [2.45, 2.75) is 17.7 Å². The summed E-state index contributed by atoms with van der Waals surface area (Å²) in [6, 6.07) is 10.6. The summed E-state index contributed by atoms with van der Waals surface area (Å²) in [4.78, 5) is 1.35. The van der Waals surface area contributed by atoms with Crippen LogP contribution in [0.15, 0.2) is 59.0 Å². The Hall–Kier alpha value is -0.950. The van der Waals surface area contributed by atoms with Gasteiger partial charge in [-0.25, -0.2) is 0 Å². The average Bonchev–Trinajstić information content (AvgIpc) is 2.29. The second kappa shape index (κ2) is 5.06. The molecule has 0 N–H and O–H groups in total. The minimum Gasteiger partial charge on any atom is -0.121 e. The van der Waals surface area contributed by atoms with Crippen LogP contribution in [0, 0.1) is 0 Å². The Kier molecular flexibility index (Phi) is 3.47. The molecule has 0 bridgehead atoms. The molecule has 72 valence electrons. The normalized spacial score (nSPS) is 15.3. The zero-order valence-electron chi connectivity index (χ0n) is 8.15. The van der Waals surface area contributed by atoms with Crippen LogP contribution in [0.1, 0.15) is 12.8 Å². The van der Waals surface area contributed by atoms with Crippen LogP contribution < -0.4 is 0 Å². The van der Waals surface area contributed by atoms with Gasteiger partial charge >= 0.3 is 0 Å². The maximum atomic E-state index is 2.34. The van der Waals surface area contributed by atoms with Crippen molar-refractivity contribution in [2.24, 2.45) is 0 Å². The first-order valence-electron chi connectivity index (χ1n) is 4.98. The van der Waals surface area contributed by atoms with E-state index in [0.29, 0.717) is 0 Å². The van der Waals surface area contributed by atoms with Gasteiger partial charge in [0.05, 0.1) is 0 Å². The standard InChI is InChI=1S/C13H14S/c1-3-7-12(8-4-1)11-14-13-9-5-2-6-10-13/h2-3,5-10H,1,4,11H2. The maximum Gasteiger partial charge on any atom is 0.0228 e. The summed E-state index contributed by atoms with van der Waals surface area (Å²) < 4.78 is 0. The Morgan fingerprint density at radius 3 is 2.64 bits per heavy atom. The predicted octanol–water partition coefficient (Wildman–Crippen LogP) is 4.06. The van der Waals surface area contributed by atoms with Crippen LogP contribution in [0.2, 0.25) is 0 Å². The monoisotopic (exact) mass is 202 g/mol. The van der Waals surface area contributed by atoms with Gasteiger partial charge in [0.25, 0.3) is 0 Å². The molecule has 14 heavy (non-hydrogen) atoms. The number of hydrogen-bond donors (Lipinski definition) is 0. The summed E-state index contributed by atoms with van der Waals surface area (Å²) in [6.45, 7) is 0. The summed E-state index contributed by atoms with van der Waals surface area (Å²) in [5, 5.41) is 0. The Bertz CT molecular complexity index is 336. The Morgan fingerprint density at radius 1 is 1.07 bits per heavy atom. The van der Waals surface area contributed by atoms with Crippen LogP contribution in [0.3, 0.4) is 0 Å². The minimum absolute atomic E-state index is 1.10. The minimum atomic E-state index is 1.10. The van der Waals surface area contributed by atoms with Crippen molar-refractivity contribution in [1.29, 1.82) is 0 Å². The number of allylic oxidation sites excluding steroid dienone is 3. The van der Waals surface area contributed by atoms with Crippen LogP contribution in [0.5, 0.6) is 0 Å². The average molecular weight is 202 g/mol. The van der Waals surface area contributed by atoms with E-state index < -0.39 is 0 Å². The molecule has 1 heteroatoms. The highest BCUT2D eigenvalue weighted by Crippen LogP contribution is 2.22. The smallest absolute Gasteiger partial charge is 0.0228 e. The number of hydrogen-bond acceptors (Lipinski definition) is 1. The molecule has 0 saturated heterocycles. The van der Waals surface area contributed by atoms with Crippen LogP contribution in [-0.2, 0) is 0 Å². The van der Waals surface area contributed by atoms with Gasteiger partial charge < -0.3 is 0 Å². The van der Waals surface area contributed by atoms with Crippen LogP contribution in [0.4, 0.5) is 0 Å². The molecule has 0 fully saturated rings. The fraction of sp³-hybridized carbons (Fsp3) is 0.231. The van der Waals surface area contributed by atoms with E-state index in [1.54, 1.807) is 0 Å². The Labute approximate surface area is 89.7 Å². The third-order valence-electron chi connectivity index (χ3n) is 2.22. The number of rotatable bonds is 3. The van der Waals surface area contributed by atoms with E-state index in [-0.39, 0.29) is 0 Å². The molecule has 0 amide bonds. The van der Waals surface area contributed by atoms with E-state index in [4.69, 9.17) is 0 Å². The molecule has 1 aromatic carbocycles. The first-order valence-corrected chi connectivity index (χ1v) is 5.97. The van der Waals surface area contributed by atoms with Gasteiger partial charge in [0, 0.05) is 10.6 Å². The zero-order chi connectivity index (χ0) is 9.64. The Balaban J connectivity index is 1.88. The highest BCUT2D eigenvalue weighted by atomic mass is 32.2. The van der Waals surface area contributed by atoms with Gasteiger partial charge in [-0.2, -0.15) is 0 Å². The lowest BCUT2D eigenvalue weighted by molar-refractivity contribution is 1.02. The molecule has 1 aliphatic rings. The first-order chi connectivity index (χ1) is 6.95. The fourth-order valence-electron chi connectivity index (χ4n) is 1.46. The largest absolute Gasteiger partial charge is 0.121 e. The van der Waals surface area contributed by atoms with Gasteiger partial charge in [-0.05, 0) is 30.5 Å². The van der Waals surface area contributed by atoms with Gasteiger partial charge in [0.1, 0.15) is 0 Å². The highest BCUT2D eigenvalue weighted by Gasteiger charge is 1.98.